The van der Waals surface area contributed by atoms with Crippen LogP contribution in [-0.2, 0) is 5.41 Å². The van der Waals surface area contributed by atoms with E-state index in [-0.39, 0.29) is 5.41 Å². The van der Waals surface area contributed by atoms with E-state index in [1.54, 1.807) is 0 Å². The Hall–Kier alpha value is -0.940. The largest absolute Gasteiger partial charge is 0.345 e. The van der Waals surface area contributed by atoms with Gasteiger partial charge in [-0.1, -0.05) is 32.1 Å². The van der Waals surface area contributed by atoms with E-state index in [4.69, 9.17) is 4.98 Å². The van der Waals surface area contributed by atoms with Crippen molar-refractivity contribution in [2.24, 2.45) is 0 Å². The van der Waals surface area contributed by atoms with Gasteiger partial charge in [-0.3, -0.25) is 9.69 Å². The first kappa shape index (κ1) is 15.4. The summed E-state index contributed by atoms with van der Waals surface area (Å²) in [5.74, 6) is 0. The van der Waals surface area contributed by atoms with Gasteiger partial charge in [0.15, 0.2) is 11.4 Å². The van der Waals surface area contributed by atoms with Crippen molar-refractivity contribution in [2.75, 3.05) is 25.0 Å². The maximum atomic E-state index is 11.3. The molecule has 1 aliphatic heterocycles. The summed E-state index contributed by atoms with van der Waals surface area (Å²) in [7, 11) is 2.17. The van der Waals surface area contributed by atoms with Gasteiger partial charge in [0, 0.05) is 30.6 Å². The molecule has 0 spiro atoms. The van der Waals surface area contributed by atoms with Gasteiger partial charge in [0.05, 0.1) is 10.6 Å². The van der Waals surface area contributed by atoms with Gasteiger partial charge in [0.1, 0.15) is 0 Å². The molecule has 0 aromatic carbocycles. The lowest BCUT2D eigenvalue weighted by molar-refractivity contribution is 0.112. The number of hydrogen-bond donors (Lipinski definition) is 0. The summed E-state index contributed by atoms with van der Waals surface area (Å²) < 4.78 is 0. The highest BCUT2D eigenvalue weighted by Gasteiger charge is 2.30. The van der Waals surface area contributed by atoms with Gasteiger partial charge >= 0.3 is 0 Å². The second kappa shape index (κ2) is 5.45. The molecule has 0 radical (unpaired) electrons. The molecule has 4 nitrogen and oxygen atoms in total. The highest BCUT2D eigenvalue weighted by molar-refractivity contribution is 7.17. The maximum absolute atomic E-state index is 11.3. The third-order valence-electron chi connectivity index (χ3n) is 4.09. The fourth-order valence-electron chi connectivity index (χ4n) is 2.63. The van der Waals surface area contributed by atoms with Crippen molar-refractivity contribution in [3.63, 3.8) is 0 Å². The molecule has 1 aliphatic rings. The molecule has 1 aromatic heterocycles. The number of anilines is 1. The molecule has 0 bridgehead atoms. The first-order valence-electron chi connectivity index (χ1n) is 7.17. The lowest BCUT2D eigenvalue weighted by Crippen LogP contribution is -2.55. The molecular formula is C15H25N3OS. The first-order chi connectivity index (χ1) is 9.24. The molecule has 5 heteroatoms. The number of aromatic nitrogens is 1. The fraction of sp³-hybridized carbons (Fsp3) is 0.733. The molecule has 20 heavy (non-hydrogen) atoms. The number of likely N-dealkylation sites (N-methyl/N-ethyl adjacent to an activating group) is 1. The molecule has 2 unspecified atom stereocenters. The lowest BCUT2D eigenvalue weighted by Gasteiger charge is -2.42. The van der Waals surface area contributed by atoms with Crippen LogP contribution in [0.15, 0.2) is 0 Å². The normalized spacial score (nSPS) is 25.0. The van der Waals surface area contributed by atoms with Gasteiger partial charge in [-0.25, -0.2) is 4.98 Å². The number of thiazole rings is 1. The van der Waals surface area contributed by atoms with Crippen molar-refractivity contribution >= 4 is 22.8 Å². The van der Waals surface area contributed by atoms with Crippen LogP contribution < -0.4 is 4.90 Å². The number of carbonyl (C=O) groups is 1. The number of aldehydes is 1. The molecule has 0 N–H and O–H groups in total. The van der Waals surface area contributed by atoms with Gasteiger partial charge in [-0.05, 0) is 20.9 Å². The van der Waals surface area contributed by atoms with E-state index < -0.39 is 0 Å². The van der Waals surface area contributed by atoms with Crippen molar-refractivity contribution in [3.05, 3.63) is 10.6 Å². The van der Waals surface area contributed by atoms with Crippen molar-refractivity contribution < 1.29 is 4.79 Å². The Labute approximate surface area is 125 Å². The Morgan fingerprint density at radius 1 is 1.25 bits per heavy atom. The number of carbonyl (C=O) groups excluding carboxylic acids is 1. The molecule has 2 heterocycles. The number of rotatable bonds is 2. The summed E-state index contributed by atoms with van der Waals surface area (Å²) in [4.78, 5) is 21.5. The van der Waals surface area contributed by atoms with Crippen LogP contribution in [-0.4, -0.2) is 48.4 Å². The second-order valence-electron chi connectivity index (χ2n) is 6.85. The van der Waals surface area contributed by atoms with E-state index in [0.717, 1.165) is 35.1 Å². The number of nitrogens with zero attached hydrogens (tertiary/aromatic N) is 3. The van der Waals surface area contributed by atoms with Crippen LogP contribution in [0.2, 0.25) is 0 Å². The summed E-state index contributed by atoms with van der Waals surface area (Å²) in [5.41, 5.74) is 0.834. The number of hydrogen-bond acceptors (Lipinski definition) is 5. The molecule has 2 rings (SSSR count). The molecule has 112 valence electrons. The van der Waals surface area contributed by atoms with Crippen LogP contribution in [0.1, 0.15) is 50.0 Å². The molecule has 0 amide bonds. The zero-order chi connectivity index (χ0) is 15.1. The van der Waals surface area contributed by atoms with Crippen molar-refractivity contribution in [2.45, 2.75) is 52.1 Å². The van der Waals surface area contributed by atoms with E-state index in [1.807, 2.05) is 0 Å². The molecule has 1 saturated heterocycles. The van der Waals surface area contributed by atoms with E-state index in [2.05, 4.69) is 51.5 Å². The SMILES string of the molecule is CC1CN(c2nc(C(C)(C)C)c(C=O)s2)CC(C)N1C. The molecule has 2 atom stereocenters. The van der Waals surface area contributed by atoms with Gasteiger partial charge in [-0.15, -0.1) is 0 Å². The van der Waals surface area contributed by atoms with Gasteiger partial charge in [-0.2, -0.15) is 0 Å². The lowest BCUT2D eigenvalue weighted by atomic mass is 9.91. The predicted octanol–water partition coefficient (Wildman–Crippen LogP) is 2.78. The Morgan fingerprint density at radius 2 is 1.80 bits per heavy atom. The van der Waals surface area contributed by atoms with E-state index in [0.29, 0.717) is 12.1 Å². The second-order valence-corrected chi connectivity index (χ2v) is 7.85. The van der Waals surface area contributed by atoms with Crippen LogP contribution in [0, 0.1) is 0 Å². The highest BCUT2D eigenvalue weighted by Crippen LogP contribution is 2.34. The van der Waals surface area contributed by atoms with Gasteiger partial charge in [0.25, 0.3) is 0 Å². The van der Waals surface area contributed by atoms with Gasteiger partial charge in [0.2, 0.25) is 0 Å². The minimum atomic E-state index is -0.0885. The zero-order valence-corrected chi connectivity index (χ0v) is 14.1. The van der Waals surface area contributed by atoms with Gasteiger partial charge < -0.3 is 4.90 Å². The highest BCUT2D eigenvalue weighted by atomic mass is 32.1. The van der Waals surface area contributed by atoms with Crippen LogP contribution in [0.25, 0.3) is 0 Å². The zero-order valence-electron chi connectivity index (χ0n) is 13.3. The predicted molar refractivity (Wildman–Crippen MR) is 85.1 cm³/mol. The van der Waals surface area contributed by atoms with Crippen LogP contribution in [0.4, 0.5) is 5.13 Å². The molecule has 0 saturated carbocycles. The summed E-state index contributed by atoms with van der Waals surface area (Å²) in [6.07, 6.45) is 0.949. The van der Waals surface area contributed by atoms with Crippen molar-refractivity contribution in [3.8, 4) is 0 Å². The Balaban J connectivity index is 2.30. The fourth-order valence-corrected chi connectivity index (χ4v) is 3.74. The third-order valence-corrected chi connectivity index (χ3v) is 5.13. The van der Waals surface area contributed by atoms with E-state index >= 15 is 0 Å². The molecule has 0 aliphatic carbocycles. The summed E-state index contributed by atoms with van der Waals surface area (Å²) >= 11 is 1.53. The monoisotopic (exact) mass is 295 g/mol. The molecule has 1 fully saturated rings. The summed E-state index contributed by atoms with van der Waals surface area (Å²) in [6, 6.07) is 1.00. The average molecular weight is 295 g/mol. The summed E-state index contributed by atoms with van der Waals surface area (Å²) in [5, 5.41) is 0.990. The van der Waals surface area contributed by atoms with Crippen molar-refractivity contribution in [1.82, 2.24) is 9.88 Å². The Morgan fingerprint density at radius 3 is 2.20 bits per heavy atom. The smallest absolute Gasteiger partial charge is 0.186 e. The molecule has 1 aromatic rings. The van der Waals surface area contributed by atoms with Crippen LogP contribution >= 0.6 is 11.3 Å². The topological polar surface area (TPSA) is 36.4 Å². The standard InChI is InChI=1S/C15H25N3OS/c1-10-7-18(8-11(2)17(10)6)14-16-13(15(3,4)5)12(9-19)20-14/h9-11H,7-8H2,1-6H3. The Bertz CT molecular complexity index is 480. The maximum Gasteiger partial charge on any atom is 0.186 e. The minimum absolute atomic E-state index is 0.0885. The van der Waals surface area contributed by atoms with Crippen LogP contribution in [0.5, 0.6) is 0 Å². The quantitative estimate of drug-likeness (QED) is 0.786. The first-order valence-corrected chi connectivity index (χ1v) is 7.99. The average Bonchev–Trinajstić information content (AvgIpc) is 2.79. The number of piperazine rings is 1. The van der Waals surface area contributed by atoms with E-state index in [1.165, 1.54) is 11.3 Å². The molecular weight excluding hydrogens is 270 g/mol. The Kier molecular flexibility index (Phi) is 4.21. The summed E-state index contributed by atoms with van der Waals surface area (Å²) in [6.45, 7) is 12.7. The van der Waals surface area contributed by atoms with Crippen molar-refractivity contribution in [1.29, 1.82) is 0 Å². The minimum Gasteiger partial charge on any atom is -0.345 e. The van der Waals surface area contributed by atoms with E-state index in [9.17, 15) is 4.79 Å². The van der Waals surface area contributed by atoms with Crippen LogP contribution in [0.3, 0.4) is 0 Å². The third kappa shape index (κ3) is 2.88.